The number of hydrogen-bond donors (Lipinski definition) is 0. The predicted octanol–water partition coefficient (Wildman–Crippen LogP) is 11.3. The molecular formula is C48H33N5O2. The SMILES string of the molecule is CCc1c(-c2c(C)c3ccccc3n2-c2ncc3c(=O)n(-c4ccccc4)c4ccccc4c3n2)oc2c1ccc1c2c2ccccc2n1-c1ccccc1. The second-order valence-corrected chi connectivity index (χ2v) is 14.0. The van der Waals surface area contributed by atoms with Crippen molar-refractivity contribution in [2.75, 3.05) is 0 Å². The summed E-state index contributed by atoms with van der Waals surface area (Å²) in [5.41, 5.74) is 10.3. The average Bonchev–Trinajstić information content (AvgIpc) is 3.88. The van der Waals surface area contributed by atoms with E-state index in [2.05, 4.69) is 102 Å². The predicted molar refractivity (Wildman–Crippen MR) is 223 cm³/mol. The fourth-order valence-electron chi connectivity index (χ4n) is 8.71. The molecule has 55 heavy (non-hydrogen) atoms. The van der Waals surface area contributed by atoms with E-state index in [4.69, 9.17) is 14.4 Å². The van der Waals surface area contributed by atoms with E-state index >= 15 is 0 Å². The van der Waals surface area contributed by atoms with Crippen molar-refractivity contribution in [2.24, 2.45) is 0 Å². The van der Waals surface area contributed by atoms with Crippen LogP contribution in [0.4, 0.5) is 0 Å². The van der Waals surface area contributed by atoms with E-state index in [0.29, 0.717) is 16.9 Å². The molecule has 6 aromatic carbocycles. The second kappa shape index (κ2) is 11.9. The average molecular weight is 712 g/mol. The van der Waals surface area contributed by atoms with Crippen LogP contribution >= 0.6 is 0 Å². The summed E-state index contributed by atoms with van der Waals surface area (Å²) in [7, 11) is 0. The number of hydrogen-bond acceptors (Lipinski definition) is 4. The third-order valence-corrected chi connectivity index (χ3v) is 11.1. The highest BCUT2D eigenvalue weighted by molar-refractivity contribution is 6.20. The highest BCUT2D eigenvalue weighted by atomic mass is 16.3. The smallest absolute Gasteiger partial charge is 0.266 e. The molecule has 0 aliphatic heterocycles. The molecule has 0 N–H and O–H groups in total. The van der Waals surface area contributed by atoms with Crippen LogP contribution in [-0.4, -0.2) is 23.7 Å². The van der Waals surface area contributed by atoms with Crippen molar-refractivity contribution in [3.8, 4) is 28.8 Å². The Bertz CT molecular complexity index is 3390. The number of rotatable bonds is 5. The van der Waals surface area contributed by atoms with Gasteiger partial charge >= 0.3 is 0 Å². The van der Waals surface area contributed by atoms with Crippen molar-refractivity contribution in [3.05, 3.63) is 173 Å². The molecule has 7 heteroatoms. The molecule has 5 heterocycles. The molecular weight excluding hydrogens is 679 g/mol. The molecule has 0 bridgehead atoms. The van der Waals surface area contributed by atoms with Crippen LogP contribution < -0.4 is 5.56 Å². The number of pyridine rings is 1. The van der Waals surface area contributed by atoms with Gasteiger partial charge in [-0.15, -0.1) is 0 Å². The van der Waals surface area contributed by atoms with E-state index in [1.807, 2.05) is 66.7 Å². The van der Waals surface area contributed by atoms with Gasteiger partial charge in [0.25, 0.3) is 5.56 Å². The zero-order valence-corrected chi connectivity index (χ0v) is 30.2. The highest BCUT2D eigenvalue weighted by Gasteiger charge is 2.27. The van der Waals surface area contributed by atoms with E-state index in [1.54, 1.807) is 10.8 Å². The number of para-hydroxylation sites is 5. The molecule has 0 fully saturated rings. The molecule has 0 saturated heterocycles. The van der Waals surface area contributed by atoms with Gasteiger partial charge in [-0.1, -0.05) is 97.9 Å². The molecule has 0 aliphatic rings. The maximum atomic E-state index is 14.2. The van der Waals surface area contributed by atoms with Crippen LogP contribution in [0.3, 0.4) is 0 Å². The fourth-order valence-corrected chi connectivity index (χ4v) is 8.71. The summed E-state index contributed by atoms with van der Waals surface area (Å²) in [6, 6.07) is 49.5. The molecule has 7 nitrogen and oxygen atoms in total. The minimum atomic E-state index is -0.163. The van der Waals surface area contributed by atoms with Gasteiger partial charge in [-0.2, -0.15) is 0 Å². The Morgan fingerprint density at radius 1 is 0.564 bits per heavy atom. The third kappa shape index (κ3) is 4.41. The van der Waals surface area contributed by atoms with Gasteiger partial charge in [-0.05, 0) is 73.5 Å². The Balaban J connectivity index is 1.21. The summed E-state index contributed by atoms with van der Waals surface area (Å²) in [5, 5.41) is 5.72. The lowest BCUT2D eigenvalue weighted by molar-refractivity contribution is 0.625. The topological polar surface area (TPSA) is 70.8 Å². The molecule has 0 radical (unpaired) electrons. The summed E-state index contributed by atoms with van der Waals surface area (Å²) in [6.45, 7) is 4.33. The summed E-state index contributed by atoms with van der Waals surface area (Å²) in [5.74, 6) is 1.27. The molecule has 5 aromatic heterocycles. The van der Waals surface area contributed by atoms with Crippen molar-refractivity contribution in [3.63, 3.8) is 0 Å². The first kappa shape index (κ1) is 31.3. The summed E-state index contributed by atoms with van der Waals surface area (Å²) in [4.78, 5) is 24.4. The van der Waals surface area contributed by atoms with Crippen LogP contribution in [0.1, 0.15) is 18.1 Å². The summed E-state index contributed by atoms with van der Waals surface area (Å²) < 4.78 is 13.4. The van der Waals surface area contributed by atoms with Crippen molar-refractivity contribution in [1.82, 2.24) is 23.7 Å². The van der Waals surface area contributed by atoms with Gasteiger partial charge in [0.2, 0.25) is 5.95 Å². The van der Waals surface area contributed by atoms with Crippen LogP contribution in [0.25, 0.3) is 94.3 Å². The first-order valence-electron chi connectivity index (χ1n) is 18.6. The minimum Gasteiger partial charge on any atom is -0.453 e. The molecule has 0 atom stereocenters. The normalized spacial score (nSPS) is 12.0. The van der Waals surface area contributed by atoms with Gasteiger partial charge in [-0.25, -0.2) is 9.97 Å². The molecule has 11 rings (SSSR count). The Hall–Kier alpha value is -7.25. The van der Waals surface area contributed by atoms with Crippen LogP contribution in [0, 0.1) is 6.92 Å². The standard InChI is InChI=1S/C48H33N5O2/c1-3-32-34-26-27-41-42(35-21-11-14-24-39(35)51(41)30-16-6-4-7-17-30)45(34)55-46(32)44-29(2)33-20-10-13-23-38(33)53(44)48-49-28-37-43(50-48)36-22-12-15-25-40(36)52(47(37)54)31-18-8-5-9-19-31/h4-28H,3H2,1-2H3. The van der Waals surface area contributed by atoms with Crippen molar-refractivity contribution in [2.45, 2.75) is 20.3 Å². The molecule has 262 valence electrons. The lowest BCUT2D eigenvalue weighted by atomic mass is 10.0. The Morgan fingerprint density at radius 2 is 1.15 bits per heavy atom. The Labute approximate surface area is 315 Å². The highest BCUT2D eigenvalue weighted by Crippen LogP contribution is 2.45. The van der Waals surface area contributed by atoms with E-state index in [0.717, 1.165) is 95.0 Å². The number of aryl methyl sites for hydroxylation is 2. The third-order valence-electron chi connectivity index (χ3n) is 11.1. The van der Waals surface area contributed by atoms with E-state index in [9.17, 15) is 4.79 Å². The maximum absolute atomic E-state index is 14.2. The van der Waals surface area contributed by atoms with Gasteiger partial charge in [-0.3, -0.25) is 13.9 Å². The first-order valence-corrected chi connectivity index (χ1v) is 18.6. The van der Waals surface area contributed by atoms with E-state index in [1.165, 1.54) is 0 Å². The van der Waals surface area contributed by atoms with Gasteiger partial charge in [0.05, 0.1) is 44.0 Å². The van der Waals surface area contributed by atoms with Crippen LogP contribution in [-0.2, 0) is 6.42 Å². The van der Waals surface area contributed by atoms with Gasteiger partial charge in [0, 0.05) is 44.7 Å². The van der Waals surface area contributed by atoms with Crippen molar-refractivity contribution >= 4 is 65.5 Å². The molecule has 0 saturated carbocycles. The number of fused-ring (bicyclic) bond motifs is 9. The summed E-state index contributed by atoms with van der Waals surface area (Å²) >= 11 is 0. The van der Waals surface area contributed by atoms with Gasteiger partial charge in [0.15, 0.2) is 5.76 Å². The van der Waals surface area contributed by atoms with Gasteiger partial charge in [0.1, 0.15) is 5.58 Å². The zero-order chi connectivity index (χ0) is 36.8. The molecule has 11 aromatic rings. The maximum Gasteiger partial charge on any atom is 0.266 e. The minimum absolute atomic E-state index is 0.163. The Kier molecular flexibility index (Phi) is 6.76. The van der Waals surface area contributed by atoms with Crippen molar-refractivity contribution in [1.29, 1.82) is 0 Å². The van der Waals surface area contributed by atoms with E-state index < -0.39 is 0 Å². The van der Waals surface area contributed by atoms with Crippen molar-refractivity contribution < 1.29 is 4.42 Å². The fraction of sp³-hybridized carbons (Fsp3) is 0.0625. The number of nitrogens with zero attached hydrogens (tertiary/aromatic N) is 5. The van der Waals surface area contributed by atoms with Crippen LogP contribution in [0.15, 0.2) is 161 Å². The van der Waals surface area contributed by atoms with Crippen LogP contribution in [0.2, 0.25) is 0 Å². The quantitative estimate of drug-likeness (QED) is 0.167. The number of furan rings is 1. The Morgan fingerprint density at radius 3 is 1.84 bits per heavy atom. The largest absolute Gasteiger partial charge is 0.453 e. The van der Waals surface area contributed by atoms with Crippen LogP contribution in [0.5, 0.6) is 0 Å². The lowest BCUT2D eigenvalue weighted by Gasteiger charge is -2.14. The molecule has 0 amide bonds. The first-order chi connectivity index (χ1) is 27.1. The lowest BCUT2D eigenvalue weighted by Crippen LogP contribution is -2.20. The zero-order valence-electron chi connectivity index (χ0n) is 30.2. The van der Waals surface area contributed by atoms with Gasteiger partial charge < -0.3 is 8.98 Å². The molecule has 0 unspecified atom stereocenters. The van der Waals surface area contributed by atoms with E-state index in [-0.39, 0.29) is 5.56 Å². The summed E-state index contributed by atoms with van der Waals surface area (Å²) in [6.07, 6.45) is 2.44. The second-order valence-electron chi connectivity index (χ2n) is 14.0. The molecule has 0 aliphatic carbocycles. The molecule has 0 spiro atoms. The monoisotopic (exact) mass is 711 g/mol. The number of aromatic nitrogens is 5. The number of benzene rings is 6.